The van der Waals surface area contributed by atoms with Crippen molar-refractivity contribution in [1.29, 1.82) is 0 Å². The standard InChI is InChI=1S/C13H13F4NO3/c1-2-3-18(7-11(19)20)12(21)8-4-9(13(15,16)17)6-10(14)5-8/h4-6H,2-3,7H2,1H3,(H,19,20). The second-order valence-corrected chi connectivity index (χ2v) is 4.35. The molecule has 0 aromatic heterocycles. The van der Waals surface area contributed by atoms with Crippen LogP contribution in [0.3, 0.4) is 0 Å². The molecular formula is C13H13F4NO3. The Morgan fingerprint density at radius 1 is 1.24 bits per heavy atom. The van der Waals surface area contributed by atoms with Crippen molar-refractivity contribution in [1.82, 2.24) is 4.90 Å². The fourth-order valence-electron chi connectivity index (χ4n) is 1.74. The van der Waals surface area contributed by atoms with Gasteiger partial charge in [-0.2, -0.15) is 13.2 Å². The number of carbonyl (C=O) groups excluding carboxylic acids is 1. The Kier molecular flexibility index (Phi) is 5.28. The van der Waals surface area contributed by atoms with Crippen LogP contribution < -0.4 is 0 Å². The van der Waals surface area contributed by atoms with Gasteiger partial charge in [-0.3, -0.25) is 9.59 Å². The van der Waals surface area contributed by atoms with Gasteiger partial charge in [0, 0.05) is 12.1 Å². The number of hydrogen-bond donors (Lipinski definition) is 1. The van der Waals surface area contributed by atoms with Crippen LogP contribution in [0.5, 0.6) is 0 Å². The second kappa shape index (κ2) is 6.55. The molecule has 0 atom stereocenters. The zero-order valence-electron chi connectivity index (χ0n) is 11.1. The molecule has 0 saturated carbocycles. The van der Waals surface area contributed by atoms with E-state index in [-0.39, 0.29) is 12.6 Å². The van der Waals surface area contributed by atoms with E-state index in [1.807, 2.05) is 0 Å². The lowest BCUT2D eigenvalue weighted by molar-refractivity contribution is -0.138. The highest BCUT2D eigenvalue weighted by Gasteiger charge is 2.32. The summed E-state index contributed by atoms with van der Waals surface area (Å²) in [6.07, 6.45) is -4.38. The van der Waals surface area contributed by atoms with Gasteiger partial charge in [-0.1, -0.05) is 6.92 Å². The largest absolute Gasteiger partial charge is 0.480 e. The van der Waals surface area contributed by atoms with Crippen molar-refractivity contribution in [3.63, 3.8) is 0 Å². The predicted octanol–water partition coefficient (Wildman–Crippen LogP) is 2.78. The molecule has 0 aliphatic heterocycles. The van der Waals surface area contributed by atoms with E-state index in [2.05, 4.69) is 0 Å². The van der Waals surface area contributed by atoms with Gasteiger partial charge in [0.2, 0.25) is 0 Å². The first kappa shape index (κ1) is 16.9. The van der Waals surface area contributed by atoms with Crippen molar-refractivity contribution < 1.29 is 32.3 Å². The second-order valence-electron chi connectivity index (χ2n) is 4.35. The Balaban J connectivity index is 3.15. The van der Waals surface area contributed by atoms with Crippen molar-refractivity contribution in [3.8, 4) is 0 Å². The number of benzene rings is 1. The Morgan fingerprint density at radius 2 is 1.86 bits per heavy atom. The number of halogens is 4. The fraction of sp³-hybridized carbons (Fsp3) is 0.385. The van der Waals surface area contributed by atoms with E-state index >= 15 is 0 Å². The van der Waals surface area contributed by atoms with Crippen LogP contribution in [0.15, 0.2) is 18.2 Å². The van der Waals surface area contributed by atoms with Crippen LogP contribution in [0.2, 0.25) is 0 Å². The lowest BCUT2D eigenvalue weighted by atomic mass is 10.1. The molecule has 8 heteroatoms. The summed E-state index contributed by atoms with van der Waals surface area (Å²) < 4.78 is 51.0. The number of amides is 1. The number of alkyl halides is 3. The van der Waals surface area contributed by atoms with Crippen molar-refractivity contribution in [2.45, 2.75) is 19.5 Å². The van der Waals surface area contributed by atoms with Gasteiger partial charge >= 0.3 is 12.1 Å². The summed E-state index contributed by atoms with van der Waals surface area (Å²) in [7, 11) is 0. The summed E-state index contributed by atoms with van der Waals surface area (Å²) >= 11 is 0. The highest BCUT2D eigenvalue weighted by Crippen LogP contribution is 2.30. The zero-order chi connectivity index (χ0) is 16.2. The number of carbonyl (C=O) groups is 2. The molecule has 0 radical (unpaired) electrons. The average molecular weight is 307 g/mol. The third-order valence-corrected chi connectivity index (χ3v) is 2.58. The Bertz CT molecular complexity index is 543. The minimum atomic E-state index is -4.79. The van der Waals surface area contributed by atoms with Gasteiger partial charge in [-0.05, 0) is 24.6 Å². The maximum atomic E-state index is 13.2. The summed E-state index contributed by atoms with van der Waals surface area (Å²) in [6, 6.07) is 1.44. The molecule has 1 aromatic carbocycles. The molecule has 0 aliphatic rings. The van der Waals surface area contributed by atoms with Crippen LogP contribution >= 0.6 is 0 Å². The monoisotopic (exact) mass is 307 g/mol. The third kappa shape index (κ3) is 4.73. The number of hydrogen-bond acceptors (Lipinski definition) is 2. The number of nitrogens with zero attached hydrogens (tertiary/aromatic N) is 1. The van der Waals surface area contributed by atoms with Gasteiger partial charge in [0.05, 0.1) is 5.56 Å². The van der Waals surface area contributed by atoms with E-state index in [0.29, 0.717) is 18.6 Å². The SMILES string of the molecule is CCCN(CC(=O)O)C(=O)c1cc(F)cc(C(F)(F)F)c1. The van der Waals surface area contributed by atoms with Crippen LogP contribution in [0, 0.1) is 5.82 Å². The number of carboxylic acids is 1. The molecule has 0 saturated heterocycles. The number of carboxylic acid groups (broad SMARTS) is 1. The smallest absolute Gasteiger partial charge is 0.416 e. The predicted molar refractivity (Wildman–Crippen MR) is 65.2 cm³/mol. The maximum Gasteiger partial charge on any atom is 0.416 e. The summed E-state index contributed by atoms with van der Waals surface area (Å²) in [5, 5.41) is 8.70. The van der Waals surface area contributed by atoms with Crippen LogP contribution in [0.4, 0.5) is 17.6 Å². The topological polar surface area (TPSA) is 57.6 Å². The lowest BCUT2D eigenvalue weighted by Gasteiger charge is -2.20. The molecule has 4 nitrogen and oxygen atoms in total. The highest BCUT2D eigenvalue weighted by molar-refractivity contribution is 5.96. The van der Waals surface area contributed by atoms with Crippen molar-refractivity contribution in [2.75, 3.05) is 13.1 Å². The third-order valence-electron chi connectivity index (χ3n) is 2.58. The summed E-state index contributed by atoms with van der Waals surface area (Å²) in [5.74, 6) is -3.46. The summed E-state index contributed by atoms with van der Waals surface area (Å²) in [5.41, 5.74) is -1.82. The van der Waals surface area contributed by atoms with Gasteiger partial charge in [0.1, 0.15) is 12.4 Å². The zero-order valence-corrected chi connectivity index (χ0v) is 11.1. The molecular weight excluding hydrogens is 294 g/mol. The Hall–Kier alpha value is -2.12. The van der Waals surface area contributed by atoms with Crippen molar-refractivity contribution in [3.05, 3.63) is 35.1 Å². The fourth-order valence-corrected chi connectivity index (χ4v) is 1.74. The number of rotatable bonds is 5. The molecule has 0 unspecified atom stereocenters. The van der Waals surface area contributed by atoms with Crippen LogP contribution in [-0.4, -0.2) is 35.0 Å². The quantitative estimate of drug-likeness (QED) is 0.851. The molecule has 1 N–H and O–H groups in total. The molecule has 0 spiro atoms. The first-order valence-electron chi connectivity index (χ1n) is 6.04. The van der Waals surface area contributed by atoms with Gasteiger partial charge in [0.25, 0.3) is 5.91 Å². The highest BCUT2D eigenvalue weighted by atomic mass is 19.4. The Labute approximate surface area is 118 Å². The van der Waals surface area contributed by atoms with Crippen LogP contribution in [0.25, 0.3) is 0 Å². The first-order chi connectivity index (χ1) is 9.65. The van der Waals surface area contributed by atoms with E-state index in [1.54, 1.807) is 6.92 Å². The average Bonchev–Trinajstić information content (AvgIpc) is 2.35. The normalized spacial score (nSPS) is 11.3. The van der Waals surface area contributed by atoms with Gasteiger partial charge in [-0.25, -0.2) is 4.39 Å². The van der Waals surface area contributed by atoms with Crippen LogP contribution in [0.1, 0.15) is 29.3 Å². The molecule has 0 bridgehead atoms. The van der Waals surface area contributed by atoms with Crippen LogP contribution in [-0.2, 0) is 11.0 Å². The molecule has 116 valence electrons. The van der Waals surface area contributed by atoms with E-state index in [4.69, 9.17) is 5.11 Å². The first-order valence-corrected chi connectivity index (χ1v) is 6.04. The molecule has 0 fully saturated rings. The molecule has 1 rings (SSSR count). The molecule has 21 heavy (non-hydrogen) atoms. The van der Waals surface area contributed by atoms with E-state index < -0.39 is 41.5 Å². The Morgan fingerprint density at radius 3 is 2.33 bits per heavy atom. The van der Waals surface area contributed by atoms with E-state index in [1.165, 1.54) is 0 Å². The summed E-state index contributed by atoms with van der Waals surface area (Å²) in [4.78, 5) is 23.6. The lowest BCUT2D eigenvalue weighted by Crippen LogP contribution is -2.36. The molecule has 1 amide bonds. The van der Waals surface area contributed by atoms with Crippen molar-refractivity contribution >= 4 is 11.9 Å². The maximum absolute atomic E-state index is 13.2. The molecule has 1 aromatic rings. The minimum Gasteiger partial charge on any atom is -0.480 e. The molecule has 0 heterocycles. The van der Waals surface area contributed by atoms with E-state index in [9.17, 15) is 27.2 Å². The van der Waals surface area contributed by atoms with Gasteiger partial charge in [-0.15, -0.1) is 0 Å². The van der Waals surface area contributed by atoms with Crippen molar-refractivity contribution in [2.24, 2.45) is 0 Å². The summed E-state index contributed by atoms with van der Waals surface area (Å²) in [6.45, 7) is 1.06. The van der Waals surface area contributed by atoms with Gasteiger partial charge in [0.15, 0.2) is 0 Å². The van der Waals surface area contributed by atoms with E-state index in [0.717, 1.165) is 4.90 Å². The molecule has 0 aliphatic carbocycles. The van der Waals surface area contributed by atoms with Gasteiger partial charge < -0.3 is 10.0 Å². The minimum absolute atomic E-state index is 0.0446. The number of aliphatic carboxylic acids is 1.